The summed E-state index contributed by atoms with van der Waals surface area (Å²) in [6, 6.07) is 1.88. The number of nitrogens with one attached hydrogen (secondary N) is 1. The third-order valence-corrected chi connectivity index (χ3v) is 6.91. The van der Waals surface area contributed by atoms with Crippen LogP contribution in [0.5, 0.6) is 5.88 Å². The van der Waals surface area contributed by atoms with Crippen LogP contribution in [0.1, 0.15) is 51.0 Å². The number of nitrogens with zero attached hydrogens (tertiary/aromatic N) is 3. The first kappa shape index (κ1) is 21.7. The van der Waals surface area contributed by atoms with E-state index in [1.165, 1.54) is 38.8 Å². The van der Waals surface area contributed by atoms with Crippen molar-refractivity contribution in [3.8, 4) is 5.88 Å². The number of rotatable bonds is 7. The van der Waals surface area contributed by atoms with E-state index in [2.05, 4.69) is 29.2 Å². The number of piperidine rings is 1. The van der Waals surface area contributed by atoms with Crippen LogP contribution in [-0.4, -0.2) is 48.0 Å². The van der Waals surface area contributed by atoms with Crippen LogP contribution < -0.4 is 10.1 Å². The highest BCUT2D eigenvalue weighted by atomic mass is 35.5. The fraction of sp³-hybridized carbons (Fsp3) is 0.565. The Balaban J connectivity index is 1.31. The monoisotopic (exact) mass is 448 g/mol. The molecule has 0 spiro atoms. The van der Waals surface area contributed by atoms with Crippen molar-refractivity contribution >= 4 is 29.0 Å². The molecule has 2 aliphatic heterocycles. The Hall–Kier alpha value is -1.56. The van der Waals surface area contributed by atoms with Gasteiger partial charge >= 0.3 is 0 Å². The van der Waals surface area contributed by atoms with Crippen molar-refractivity contribution in [2.75, 3.05) is 26.7 Å². The highest BCUT2D eigenvalue weighted by molar-refractivity contribution is 6.34. The van der Waals surface area contributed by atoms with Crippen LogP contribution >= 0.6 is 23.2 Å². The summed E-state index contributed by atoms with van der Waals surface area (Å²) < 4.78 is 5.92. The Bertz CT molecular complexity index is 874. The van der Waals surface area contributed by atoms with Crippen LogP contribution in [0.25, 0.3) is 0 Å². The minimum absolute atomic E-state index is 0.324. The molecule has 4 rings (SSSR count). The standard InChI is InChI=1S/C23H30Cl2N4O/c1-23-9-6-17(24)13-20(23)27-22(28-23)18-14-21(26-15-19(18)25)30-12-4-3-5-16-7-10-29(2)11-8-16/h6,13-16H,3-5,7-12H2,1-2H3,(H,27,28). The maximum absolute atomic E-state index is 6.43. The van der Waals surface area contributed by atoms with Gasteiger partial charge in [0.1, 0.15) is 11.4 Å². The van der Waals surface area contributed by atoms with Crippen LogP contribution in [0.4, 0.5) is 0 Å². The van der Waals surface area contributed by atoms with E-state index in [0.29, 0.717) is 17.5 Å². The van der Waals surface area contributed by atoms with Crippen molar-refractivity contribution in [3.05, 3.63) is 45.7 Å². The molecule has 0 bridgehead atoms. The molecule has 30 heavy (non-hydrogen) atoms. The first-order valence-corrected chi connectivity index (χ1v) is 11.6. The van der Waals surface area contributed by atoms with Crippen LogP contribution in [0.2, 0.25) is 5.02 Å². The Kier molecular flexibility index (Phi) is 6.71. The van der Waals surface area contributed by atoms with Gasteiger partial charge < -0.3 is 15.0 Å². The van der Waals surface area contributed by atoms with Gasteiger partial charge in [-0.15, -0.1) is 0 Å². The summed E-state index contributed by atoms with van der Waals surface area (Å²) in [4.78, 5) is 11.6. The zero-order valence-electron chi connectivity index (χ0n) is 17.8. The van der Waals surface area contributed by atoms with E-state index in [4.69, 9.17) is 32.9 Å². The number of pyridine rings is 1. The number of halogens is 2. The first-order valence-electron chi connectivity index (χ1n) is 10.8. The molecule has 7 heteroatoms. The van der Waals surface area contributed by atoms with Crippen molar-refractivity contribution in [1.82, 2.24) is 15.2 Å². The lowest BCUT2D eigenvalue weighted by molar-refractivity contribution is 0.205. The highest BCUT2D eigenvalue weighted by Gasteiger charge is 2.37. The molecule has 1 fully saturated rings. The maximum Gasteiger partial charge on any atom is 0.214 e. The number of aromatic nitrogens is 1. The van der Waals surface area contributed by atoms with Gasteiger partial charge in [-0.1, -0.05) is 35.7 Å². The number of ether oxygens (including phenoxy) is 1. The predicted molar refractivity (Wildman–Crippen MR) is 124 cm³/mol. The van der Waals surface area contributed by atoms with E-state index in [-0.39, 0.29) is 5.54 Å². The fourth-order valence-corrected chi connectivity index (χ4v) is 4.69. The molecule has 1 unspecified atom stereocenters. The molecular weight excluding hydrogens is 419 g/mol. The second kappa shape index (κ2) is 9.29. The summed E-state index contributed by atoms with van der Waals surface area (Å²) >= 11 is 12.6. The molecule has 1 atom stereocenters. The summed E-state index contributed by atoms with van der Waals surface area (Å²) in [5.74, 6) is 2.20. The molecule has 1 saturated heterocycles. The maximum atomic E-state index is 6.43. The summed E-state index contributed by atoms with van der Waals surface area (Å²) in [7, 11) is 2.21. The second-order valence-electron chi connectivity index (χ2n) is 8.80. The number of hydrogen-bond donors (Lipinski definition) is 1. The van der Waals surface area contributed by atoms with E-state index < -0.39 is 0 Å². The van der Waals surface area contributed by atoms with E-state index in [1.54, 1.807) is 6.20 Å². The molecule has 1 aromatic rings. The fourth-order valence-electron chi connectivity index (χ4n) is 4.31. The van der Waals surface area contributed by atoms with Crippen molar-refractivity contribution in [1.29, 1.82) is 0 Å². The van der Waals surface area contributed by atoms with Gasteiger partial charge in [0.15, 0.2) is 0 Å². The van der Waals surface area contributed by atoms with Gasteiger partial charge in [0.05, 0.1) is 17.8 Å². The molecular formula is C23H30Cl2N4O. The number of fused-ring (bicyclic) bond motifs is 1. The van der Waals surface area contributed by atoms with Gasteiger partial charge in [-0.05, 0) is 71.2 Å². The van der Waals surface area contributed by atoms with E-state index in [9.17, 15) is 0 Å². The zero-order chi connectivity index (χ0) is 21.1. The molecule has 5 nitrogen and oxygen atoms in total. The number of unbranched alkanes of at least 4 members (excludes halogenated alkanes) is 1. The molecule has 1 aliphatic carbocycles. The van der Waals surface area contributed by atoms with Gasteiger partial charge in [0.25, 0.3) is 0 Å². The number of amidine groups is 1. The molecule has 0 radical (unpaired) electrons. The van der Waals surface area contributed by atoms with Crippen LogP contribution in [0, 0.1) is 5.92 Å². The lowest BCUT2D eigenvalue weighted by Crippen LogP contribution is -2.30. The van der Waals surface area contributed by atoms with Gasteiger partial charge in [-0.2, -0.15) is 0 Å². The largest absolute Gasteiger partial charge is 0.478 e. The minimum Gasteiger partial charge on any atom is -0.478 e. The Morgan fingerprint density at radius 2 is 2.07 bits per heavy atom. The smallest absolute Gasteiger partial charge is 0.214 e. The summed E-state index contributed by atoms with van der Waals surface area (Å²) in [6.07, 6.45) is 12.5. The molecule has 0 saturated carbocycles. The lowest BCUT2D eigenvalue weighted by Gasteiger charge is -2.28. The molecule has 0 aromatic carbocycles. The van der Waals surface area contributed by atoms with Crippen molar-refractivity contribution in [2.45, 2.75) is 51.0 Å². The first-order chi connectivity index (χ1) is 14.4. The highest BCUT2D eigenvalue weighted by Crippen LogP contribution is 2.36. The van der Waals surface area contributed by atoms with Crippen molar-refractivity contribution in [2.24, 2.45) is 10.9 Å². The molecule has 0 amide bonds. The second-order valence-corrected chi connectivity index (χ2v) is 9.65. The molecule has 3 heterocycles. The van der Waals surface area contributed by atoms with Gasteiger partial charge in [0.2, 0.25) is 5.88 Å². The van der Waals surface area contributed by atoms with E-state index in [0.717, 1.165) is 40.9 Å². The Labute approximate surface area is 189 Å². The third kappa shape index (κ3) is 5.01. The summed E-state index contributed by atoms with van der Waals surface area (Å²) in [5.41, 5.74) is 1.48. The van der Waals surface area contributed by atoms with Gasteiger partial charge in [0, 0.05) is 22.4 Å². The average molecular weight is 449 g/mol. The van der Waals surface area contributed by atoms with E-state index in [1.807, 2.05) is 18.2 Å². The van der Waals surface area contributed by atoms with Crippen LogP contribution in [0.15, 0.2) is 40.1 Å². The topological polar surface area (TPSA) is 49.8 Å². The summed E-state index contributed by atoms with van der Waals surface area (Å²) in [5, 5.41) is 4.66. The number of aliphatic imine (C=N–C) groups is 1. The Morgan fingerprint density at radius 1 is 1.27 bits per heavy atom. The van der Waals surface area contributed by atoms with Gasteiger partial charge in [-0.3, -0.25) is 4.99 Å². The number of likely N-dealkylation sites (tertiary alicyclic amines) is 1. The quantitative estimate of drug-likeness (QED) is 0.586. The minimum atomic E-state index is -0.324. The molecule has 3 aliphatic rings. The normalized spacial score (nSPS) is 24.6. The third-order valence-electron chi connectivity index (χ3n) is 6.35. The van der Waals surface area contributed by atoms with Crippen LogP contribution in [0.3, 0.4) is 0 Å². The van der Waals surface area contributed by atoms with Gasteiger partial charge in [-0.25, -0.2) is 4.98 Å². The Morgan fingerprint density at radius 3 is 2.87 bits per heavy atom. The predicted octanol–water partition coefficient (Wildman–Crippen LogP) is 5.14. The number of hydrogen-bond acceptors (Lipinski definition) is 5. The molecule has 162 valence electrons. The van der Waals surface area contributed by atoms with Crippen molar-refractivity contribution in [3.63, 3.8) is 0 Å². The average Bonchev–Trinajstić information content (AvgIpc) is 3.07. The molecule has 1 aromatic heterocycles. The SMILES string of the molecule is CN1CCC(CCCCOc2cc(C3=NC4(C)CC=C(Cl)C=C4N3)c(Cl)cn2)CC1. The van der Waals surface area contributed by atoms with Crippen LogP contribution in [-0.2, 0) is 0 Å². The van der Waals surface area contributed by atoms with Crippen molar-refractivity contribution < 1.29 is 4.74 Å². The number of allylic oxidation sites excluding steroid dienone is 2. The zero-order valence-corrected chi connectivity index (χ0v) is 19.3. The van der Waals surface area contributed by atoms with E-state index >= 15 is 0 Å². The molecule has 1 N–H and O–H groups in total. The lowest BCUT2D eigenvalue weighted by atomic mass is 9.91. The summed E-state index contributed by atoms with van der Waals surface area (Å²) in [6.45, 7) is 5.22.